The van der Waals surface area contributed by atoms with Crippen molar-refractivity contribution in [1.82, 2.24) is 0 Å². The van der Waals surface area contributed by atoms with Gasteiger partial charge in [0.25, 0.3) is 0 Å². The number of aliphatic hydroxyl groups is 7. The molecular formula is C27H28O18. The number of hydrogen-bond donors (Lipinski definition) is 11. The van der Waals surface area contributed by atoms with E-state index in [-0.39, 0.29) is 11.3 Å². The van der Waals surface area contributed by atoms with Crippen LogP contribution in [0.15, 0.2) is 39.5 Å². The minimum Gasteiger partial charge on any atom is -0.507 e. The zero-order valence-corrected chi connectivity index (χ0v) is 22.6. The smallest absolute Gasteiger partial charge is 0.335 e. The molecule has 5 unspecified atom stereocenters. The number of aliphatic carboxylic acids is 1. The fourth-order valence-corrected chi connectivity index (χ4v) is 4.85. The Morgan fingerprint density at radius 2 is 1.40 bits per heavy atom. The second-order valence-corrected chi connectivity index (χ2v) is 10.3. The molecule has 2 fully saturated rings. The highest BCUT2D eigenvalue weighted by Crippen LogP contribution is 2.40. The van der Waals surface area contributed by atoms with Crippen LogP contribution in [0.4, 0.5) is 0 Å². The van der Waals surface area contributed by atoms with Crippen molar-refractivity contribution in [3.05, 3.63) is 40.6 Å². The van der Waals surface area contributed by atoms with Crippen LogP contribution in [0.5, 0.6) is 28.7 Å². The van der Waals surface area contributed by atoms with Crippen molar-refractivity contribution >= 4 is 16.9 Å². The van der Waals surface area contributed by atoms with E-state index in [1.165, 1.54) is 0 Å². The van der Waals surface area contributed by atoms with Gasteiger partial charge >= 0.3 is 5.97 Å². The molecule has 18 nitrogen and oxygen atoms in total. The maximum absolute atomic E-state index is 13.7. The number of ether oxygens (including phenoxy) is 4. The predicted octanol–water partition coefficient (Wildman–Crippen LogP) is -2.97. The van der Waals surface area contributed by atoms with E-state index < -0.39 is 119 Å². The topological polar surface area (TPSA) is 307 Å². The van der Waals surface area contributed by atoms with Crippen molar-refractivity contribution in [3.8, 4) is 40.1 Å². The molecule has 10 atom stereocenters. The van der Waals surface area contributed by atoms with E-state index >= 15 is 0 Å². The summed E-state index contributed by atoms with van der Waals surface area (Å²) in [6.45, 7) is -0.753. The monoisotopic (exact) mass is 640 g/mol. The first-order chi connectivity index (χ1) is 21.2. The fourth-order valence-electron chi connectivity index (χ4n) is 4.85. The summed E-state index contributed by atoms with van der Waals surface area (Å²) in [5.74, 6) is -5.46. The number of phenolic OH excluding ortho intramolecular Hbond substituents is 3. The molecule has 2 aliphatic rings. The predicted molar refractivity (Wildman–Crippen MR) is 142 cm³/mol. The van der Waals surface area contributed by atoms with Gasteiger partial charge in [0.05, 0.1) is 6.61 Å². The van der Waals surface area contributed by atoms with Crippen LogP contribution in [0.3, 0.4) is 0 Å². The van der Waals surface area contributed by atoms with Gasteiger partial charge in [0.15, 0.2) is 23.4 Å². The van der Waals surface area contributed by atoms with Gasteiger partial charge in [-0.1, -0.05) is 0 Å². The number of aliphatic hydroxyl groups excluding tert-OH is 7. The zero-order valence-electron chi connectivity index (χ0n) is 22.6. The van der Waals surface area contributed by atoms with Crippen molar-refractivity contribution in [3.63, 3.8) is 0 Å². The van der Waals surface area contributed by atoms with Gasteiger partial charge in [0.2, 0.25) is 23.8 Å². The molecule has 2 aromatic carbocycles. The first kappa shape index (κ1) is 32.2. The van der Waals surface area contributed by atoms with E-state index in [9.17, 15) is 65.8 Å². The zero-order chi connectivity index (χ0) is 32.9. The molecule has 3 aromatic rings. The lowest BCUT2D eigenvalue weighted by molar-refractivity contribution is -0.277. The summed E-state index contributed by atoms with van der Waals surface area (Å²) in [4.78, 5) is 25.3. The van der Waals surface area contributed by atoms with Crippen LogP contribution >= 0.6 is 0 Å². The van der Waals surface area contributed by atoms with Crippen molar-refractivity contribution in [1.29, 1.82) is 0 Å². The number of carbonyl (C=O) groups is 1. The van der Waals surface area contributed by atoms with Gasteiger partial charge in [0, 0.05) is 17.7 Å². The first-order valence-corrected chi connectivity index (χ1v) is 13.2. The Morgan fingerprint density at radius 3 is 2.02 bits per heavy atom. The average molecular weight is 641 g/mol. The number of fused-ring (bicyclic) bond motifs is 1. The van der Waals surface area contributed by atoms with Crippen LogP contribution in [0.2, 0.25) is 0 Å². The van der Waals surface area contributed by atoms with Crippen LogP contribution in [0.1, 0.15) is 0 Å². The molecule has 0 amide bonds. The first-order valence-electron chi connectivity index (χ1n) is 13.2. The normalized spacial score (nSPS) is 31.9. The molecule has 2 saturated heterocycles. The molecule has 11 N–H and O–H groups in total. The second-order valence-electron chi connectivity index (χ2n) is 10.3. The van der Waals surface area contributed by atoms with Crippen molar-refractivity contribution in [2.45, 2.75) is 61.4 Å². The molecule has 2 aliphatic heterocycles. The Morgan fingerprint density at radius 1 is 0.756 bits per heavy atom. The van der Waals surface area contributed by atoms with Crippen LogP contribution in [0, 0.1) is 0 Å². The minimum atomic E-state index is -2.10. The Bertz CT molecular complexity index is 1640. The molecular weight excluding hydrogens is 612 g/mol. The van der Waals surface area contributed by atoms with E-state index in [0.717, 1.165) is 30.3 Å². The third-order valence-electron chi connectivity index (χ3n) is 7.29. The van der Waals surface area contributed by atoms with Gasteiger partial charge in [-0.25, -0.2) is 4.79 Å². The maximum Gasteiger partial charge on any atom is 0.335 e. The summed E-state index contributed by atoms with van der Waals surface area (Å²) in [6.07, 6.45) is -18.8. The van der Waals surface area contributed by atoms with Gasteiger partial charge in [-0.05, 0) is 18.2 Å². The van der Waals surface area contributed by atoms with E-state index in [0.29, 0.717) is 0 Å². The summed E-state index contributed by atoms with van der Waals surface area (Å²) in [7, 11) is 0. The molecule has 18 heteroatoms. The molecule has 5 rings (SSSR count). The maximum atomic E-state index is 13.7. The number of carboxylic acids is 1. The van der Waals surface area contributed by atoms with Gasteiger partial charge in [0.1, 0.15) is 65.2 Å². The quantitative estimate of drug-likeness (QED) is 0.115. The van der Waals surface area contributed by atoms with Gasteiger partial charge in [-0.3, -0.25) is 4.79 Å². The molecule has 0 bridgehead atoms. The molecule has 45 heavy (non-hydrogen) atoms. The summed E-state index contributed by atoms with van der Waals surface area (Å²) < 4.78 is 27.2. The SMILES string of the molecule is O=C(O)C1O[C@@H](Oc2c(-c3ccc(O)c(O)c3)oc3cc(O[C@@H]4OC(CO)[C@@H](O)[C@H](O)C4O)cc(O)c3c2=O)C(O)C(O)[C@@H]1O. The number of hydrogen-bond acceptors (Lipinski definition) is 17. The molecule has 244 valence electrons. The molecule has 0 radical (unpaired) electrons. The van der Waals surface area contributed by atoms with Gasteiger partial charge in [-0.2, -0.15) is 0 Å². The van der Waals surface area contributed by atoms with Crippen molar-refractivity contribution in [2.24, 2.45) is 0 Å². The van der Waals surface area contributed by atoms with E-state index in [1.54, 1.807) is 0 Å². The van der Waals surface area contributed by atoms with Crippen molar-refractivity contribution in [2.75, 3.05) is 6.61 Å². The number of aromatic hydroxyl groups is 3. The Kier molecular flexibility index (Phi) is 8.77. The Labute approximate surface area is 250 Å². The van der Waals surface area contributed by atoms with Crippen molar-refractivity contribution < 1.29 is 84.3 Å². The standard InChI is InChI=1S/C27H28O18/c28-6-13-15(32)17(34)20(37)26(43-13)41-8-4-11(31)14-12(5-8)42-22(7-1-2-9(29)10(30)3-7)23(16(14)33)44-27-21(38)18(35)19(36)24(45-27)25(39)40/h1-5,13,15,17-21,24,26-32,34-38H,6H2,(H,39,40)/t13?,15-,17+,18?,19+,20?,21?,24?,26-,27-/m1/s1. The van der Waals surface area contributed by atoms with Crippen LogP contribution in [-0.4, -0.2) is 130 Å². The number of carboxylic acid groups (broad SMARTS) is 1. The van der Waals surface area contributed by atoms with Gasteiger partial charge in [-0.15, -0.1) is 0 Å². The Balaban J connectivity index is 1.61. The summed E-state index contributed by atoms with van der Waals surface area (Å²) in [5, 5.41) is 110. The van der Waals surface area contributed by atoms with Crippen LogP contribution < -0.4 is 14.9 Å². The average Bonchev–Trinajstić information content (AvgIpc) is 2.99. The third kappa shape index (κ3) is 5.81. The molecule has 1 aromatic heterocycles. The lowest BCUT2D eigenvalue weighted by Crippen LogP contribution is -2.61. The fraction of sp³-hybridized carbons (Fsp3) is 0.407. The minimum absolute atomic E-state index is 0.139. The van der Waals surface area contributed by atoms with E-state index in [4.69, 9.17) is 23.4 Å². The van der Waals surface area contributed by atoms with Crippen LogP contribution in [-0.2, 0) is 14.3 Å². The van der Waals surface area contributed by atoms with E-state index in [2.05, 4.69) is 0 Å². The molecule has 0 saturated carbocycles. The number of rotatable bonds is 7. The number of benzene rings is 2. The third-order valence-corrected chi connectivity index (χ3v) is 7.29. The summed E-state index contributed by atoms with van der Waals surface area (Å²) in [5.41, 5.74) is -1.71. The highest BCUT2D eigenvalue weighted by molar-refractivity contribution is 5.88. The lowest BCUT2D eigenvalue weighted by atomic mass is 9.99. The summed E-state index contributed by atoms with van der Waals surface area (Å²) in [6, 6.07) is 5.04. The summed E-state index contributed by atoms with van der Waals surface area (Å²) >= 11 is 0. The largest absolute Gasteiger partial charge is 0.507 e. The highest BCUT2D eigenvalue weighted by Gasteiger charge is 2.49. The second kappa shape index (κ2) is 12.3. The Hall–Kier alpha value is -4.24. The van der Waals surface area contributed by atoms with Gasteiger partial charge < -0.3 is 79.5 Å². The molecule has 0 aliphatic carbocycles. The van der Waals surface area contributed by atoms with E-state index in [1.807, 2.05) is 0 Å². The lowest BCUT2D eigenvalue weighted by Gasteiger charge is -2.39. The van der Waals surface area contributed by atoms with Crippen LogP contribution in [0.25, 0.3) is 22.3 Å². The number of phenols is 3. The molecule has 3 heterocycles. The molecule has 0 spiro atoms. The highest BCUT2D eigenvalue weighted by atomic mass is 16.7.